The summed E-state index contributed by atoms with van der Waals surface area (Å²) in [5, 5.41) is 3.45. The smallest absolute Gasteiger partial charge is 0.169 e. The zero-order chi connectivity index (χ0) is 11.1. The highest BCUT2D eigenvalue weighted by molar-refractivity contribution is 4.81. The molecule has 0 aliphatic heterocycles. The Morgan fingerprint density at radius 3 is 2.40 bits per heavy atom. The van der Waals surface area contributed by atoms with E-state index in [2.05, 4.69) is 5.32 Å². The zero-order valence-corrected chi connectivity index (χ0v) is 9.99. The fourth-order valence-electron chi connectivity index (χ4n) is 2.12. The Hall–Kier alpha value is -0.160. The molecule has 0 aromatic heterocycles. The van der Waals surface area contributed by atoms with Crippen LogP contribution >= 0.6 is 0 Å². The number of hydrogen-bond donors (Lipinski definition) is 1. The monoisotopic (exact) mass is 217 g/mol. The van der Waals surface area contributed by atoms with E-state index < -0.39 is 0 Å². The third-order valence-corrected chi connectivity index (χ3v) is 3.08. The zero-order valence-electron chi connectivity index (χ0n) is 9.99. The molecular formula is C11H23NO3. The van der Waals surface area contributed by atoms with Crippen molar-refractivity contribution in [3.63, 3.8) is 0 Å². The van der Waals surface area contributed by atoms with Crippen LogP contribution in [0.15, 0.2) is 0 Å². The van der Waals surface area contributed by atoms with Gasteiger partial charge in [-0.1, -0.05) is 12.8 Å². The molecule has 0 heterocycles. The van der Waals surface area contributed by atoms with Gasteiger partial charge in [0.2, 0.25) is 0 Å². The van der Waals surface area contributed by atoms with Crippen molar-refractivity contribution in [2.75, 3.05) is 27.9 Å². The lowest BCUT2D eigenvalue weighted by molar-refractivity contribution is -0.103. The molecule has 2 unspecified atom stereocenters. The highest BCUT2D eigenvalue weighted by Gasteiger charge is 2.24. The summed E-state index contributed by atoms with van der Waals surface area (Å²) in [6.07, 6.45) is 5.06. The number of nitrogens with one attached hydrogen (secondary N) is 1. The van der Waals surface area contributed by atoms with E-state index in [1.165, 1.54) is 19.3 Å². The lowest BCUT2D eigenvalue weighted by atomic mass is 9.92. The number of ether oxygens (including phenoxy) is 3. The summed E-state index contributed by atoms with van der Waals surface area (Å²) in [5.74, 6) is 0. The molecule has 0 aromatic rings. The summed E-state index contributed by atoms with van der Waals surface area (Å²) < 4.78 is 15.7. The highest BCUT2D eigenvalue weighted by atomic mass is 16.7. The SMILES string of the molecule is COC(CNC1CCCCC1OC)OC. The second-order valence-corrected chi connectivity index (χ2v) is 3.97. The van der Waals surface area contributed by atoms with Crippen LogP contribution in [0.4, 0.5) is 0 Å². The minimum Gasteiger partial charge on any atom is -0.380 e. The highest BCUT2D eigenvalue weighted by Crippen LogP contribution is 2.20. The van der Waals surface area contributed by atoms with E-state index in [0.29, 0.717) is 12.1 Å². The van der Waals surface area contributed by atoms with E-state index in [0.717, 1.165) is 13.0 Å². The molecule has 1 saturated carbocycles. The minimum atomic E-state index is -0.163. The van der Waals surface area contributed by atoms with Crippen molar-refractivity contribution >= 4 is 0 Å². The van der Waals surface area contributed by atoms with Crippen LogP contribution in [-0.4, -0.2) is 46.3 Å². The van der Waals surface area contributed by atoms with Crippen molar-refractivity contribution < 1.29 is 14.2 Å². The molecular weight excluding hydrogens is 194 g/mol. The van der Waals surface area contributed by atoms with E-state index in [4.69, 9.17) is 14.2 Å². The lowest BCUT2D eigenvalue weighted by Crippen LogP contribution is -2.46. The number of hydrogen-bond acceptors (Lipinski definition) is 4. The van der Waals surface area contributed by atoms with Crippen molar-refractivity contribution in [1.82, 2.24) is 5.32 Å². The predicted octanol–water partition coefficient (Wildman–Crippen LogP) is 1.15. The van der Waals surface area contributed by atoms with Gasteiger partial charge in [0.15, 0.2) is 6.29 Å². The normalized spacial score (nSPS) is 27.2. The van der Waals surface area contributed by atoms with Crippen LogP contribution in [-0.2, 0) is 14.2 Å². The Labute approximate surface area is 92.3 Å². The van der Waals surface area contributed by atoms with Crippen LogP contribution in [0.1, 0.15) is 25.7 Å². The second-order valence-electron chi connectivity index (χ2n) is 3.97. The average molecular weight is 217 g/mol. The maximum atomic E-state index is 5.46. The first-order valence-electron chi connectivity index (χ1n) is 5.63. The number of methoxy groups -OCH3 is 3. The van der Waals surface area contributed by atoms with Crippen molar-refractivity contribution in [2.45, 2.75) is 44.1 Å². The standard InChI is InChI=1S/C11H23NO3/c1-13-10-7-5-4-6-9(10)12-8-11(14-2)15-3/h9-12H,4-8H2,1-3H3. The molecule has 1 aliphatic carbocycles. The van der Waals surface area contributed by atoms with Gasteiger partial charge in [-0.25, -0.2) is 0 Å². The molecule has 0 bridgehead atoms. The van der Waals surface area contributed by atoms with Crippen LogP contribution in [0.3, 0.4) is 0 Å². The first-order chi connectivity index (χ1) is 7.31. The molecule has 0 spiro atoms. The summed E-state index contributed by atoms with van der Waals surface area (Å²) in [5.41, 5.74) is 0. The third-order valence-electron chi connectivity index (χ3n) is 3.08. The van der Waals surface area contributed by atoms with Crippen LogP contribution in [0, 0.1) is 0 Å². The number of rotatable bonds is 6. The Balaban J connectivity index is 2.28. The largest absolute Gasteiger partial charge is 0.380 e. The van der Waals surface area contributed by atoms with Gasteiger partial charge in [0, 0.05) is 33.9 Å². The quantitative estimate of drug-likeness (QED) is 0.678. The van der Waals surface area contributed by atoms with Crippen molar-refractivity contribution in [2.24, 2.45) is 0 Å². The first kappa shape index (κ1) is 12.9. The van der Waals surface area contributed by atoms with Gasteiger partial charge >= 0.3 is 0 Å². The second kappa shape index (κ2) is 7.17. The van der Waals surface area contributed by atoms with Gasteiger partial charge in [-0.2, -0.15) is 0 Å². The molecule has 1 rings (SSSR count). The van der Waals surface area contributed by atoms with Crippen LogP contribution in [0.25, 0.3) is 0 Å². The van der Waals surface area contributed by atoms with Crippen molar-refractivity contribution in [3.05, 3.63) is 0 Å². The molecule has 15 heavy (non-hydrogen) atoms. The maximum Gasteiger partial charge on any atom is 0.169 e. The maximum absolute atomic E-state index is 5.46. The molecule has 0 radical (unpaired) electrons. The molecule has 1 N–H and O–H groups in total. The topological polar surface area (TPSA) is 39.7 Å². The Kier molecular flexibility index (Phi) is 6.17. The van der Waals surface area contributed by atoms with E-state index in [9.17, 15) is 0 Å². The first-order valence-corrected chi connectivity index (χ1v) is 5.63. The van der Waals surface area contributed by atoms with E-state index >= 15 is 0 Å². The molecule has 4 nitrogen and oxygen atoms in total. The van der Waals surface area contributed by atoms with Crippen LogP contribution < -0.4 is 5.32 Å². The molecule has 1 fully saturated rings. The van der Waals surface area contributed by atoms with E-state index in [-0.39, 0.29) is 6.29 Å². The molecule has 90 valence electrons. The van der Waals surface area contributed by atoms with E-state index in [1.807, 2.05) is 0 Å². The molecule has 1 aliphatic rings. The summed E-state index contributed by atoms with van der Waals surface area (Å²) in [4.78, 5) is 0. The van der Waals surface area contributed by atoms with Gasteiger partial charge < -0.3 is 19.5 Å². The molecule has 0 aromatic carbocycles. The fraction of sp³-hybridized carbons (Fsp3) is 1.00. The fourth-order valence-corrected chi connectivity index (χ4v) is 2.12. The summed E-state index contributed by atoms with van der Waals surface area (Å²) in [6, 6.07) is 0.441. The summed E-state index contributed by atoms with van der Waals surface area (Å²) in [7, 11) is 5.10. The van der Waals surface area contributed by atoms with Gasteiger partial charge in [0.1, 0.15) is 0 Å². The lowest BCUT2D eigenvalue weighted by Gasteiger charge is -2.32. The summed E-state index contributed by atoms with van der Waals surface area (Å²) in [6.45, 7) is 0.720. The average Bonchev–Trinajstić information content (AvgIpc) is 2.31. The van der Waals surface area contributed by atoms with Crippen LogP contribution in [0.2, 0.25) is 0 Å². The third kappa shape index (κ3) is 4.07. The summed E-state index contributed by atoms with van der Waals surface area (Å²) >= 11 is 0. The molecule has 0 amide bonds. The minimum absolute atomic E-state index is 0.163. The Bertz CT molecular complexity index is 162. The van der Waals surface area contributed by atoms with Gasteiger partial charge in [0.25, 0.3) is 0 Å². The Morgan fingerprint density at radius 2 is 1.80 bits per heavy atom. The van der Waals surface area contributed by atoms with Gasteiger partial charge in [-0.15, -0.1) is 0 Å². The molecule has 0 saturated heterocycles. The molecule has 4 heteroatoms. The van der Waals surface area contributed by atoms with Crippen molar-refractivity contribution in [1.29, 1.82) is 0 Å². The molecule has 2 atom stereocenters. The van der Waals surface area contributed by atoms with Gasteiger partial charge in [-0.3, -0.25) is 0 Å². The predicted molar refractivity (Wildman–Crippen MR) is 58.9 cm³/mol. The van der Waals surface area contributed by atoms with Crippen LogP contribution in [0.5, 0.6) is 0 Å². The van der Waals surface area contributed by atoms with E-state index in [1.54, 1.807) is 21.3 Å². The van der Waals surface area contributed by atoms with Gasteiger partial charge in [-0.05, 0) is 12.8 Å². The Morgan fingerprint density at radius 1 is 1.13 bits per heavy atom. The van der Waals surface area contributed by atoms with Crippen molar-refractivity contribution in [3.8, 4) is 0 Å². The van der Waals surface area contributed by atoms with Gasteiger partial charge in [0.05, 0.1) is 6.10 Å².